The molecular formula is C16H22N2OS. The Morgan fingerprint density at radius 2 is 2.15 bits per heavy atom. The molecule has 0 radical (unpaired) electrons. The molecular weight excluding hydrogens is 268 g/mol. The van der Waals surface area contributed by atoms with Crippen LogP contribution in [0.15, 0.2) is 24.5 Å². The average Bonchev–Trinajstić information content (AvgIpc) is 2.78. The van der Waals surface area contributed by atoms with E-state index in [9.17, 15) is 4.79 Å². The largest absolute Gasteiger partial charge is 0.325 e. The van der Waals surface area contributed by atoms with Crippen molar-refractivity contribution in [2.24, 2.45) is 5.92 Å². The number of carbonyl (C=O) groups is 1. The first-order chi connectivity index (χ1) is 9.75. The SMILES string of the molecule is CC1SC(c2cccnc2)N(CC2CCCCC2)C1=O. The van der Waals surface area contributed by atoms with Crippen LogP contribution >= 0.6 is 11.8 Å². The fraction of sp³-hybridized carbons (Fsp3) is 0.625. The number of thioether (sulfide) groups is 1. The summed E-state index contributed by atoms with van der Waals surface area (Å²) in [4.78, 5) is 18.8. The van der Waals surface area contributed by atoms with Crippen molar-refractivity contribution >= 4 is 17.7 Å². The highest BCUT2D eigenvalue weighted by Crippen LogP contribution is 2.43. The quantitative estimate of drug-likeness (QED) is 0.852. The zero-order valence-electron chi connectivity index (χ0n) is 12.0. The minimum Gasteiger partial charge on any atom is -0.325 e. The Hall–Kier alpha value is -1.03. The molecule has 2 unspecified atom stereocenters. The first-order valence-electron chi connectivity index (χ1n) is 7.61. The van der Waals surface area contributed by atoms with Crippen LogP contribution in [0.25, 0.3) is 0 Å². The second-order valence-corrected chi connectivity index (χ2v) is 7.34. The van der Waals surface area contributed by atoms with E-state index < -0.39 is 0 Å². The van der Waals surface area contributed by atoms with Crippen molar-refractivity contribution < 1.29 is 4.79 Å². The van der Waals surface area contributed by atoms with Crippen LogP contribution in [0.5, 0.6) is 0 Å². The fourth-order valence-corrected chi connectivity index (χ4v) is 4.56. The lowest BCUT2D eigenvalue weighted by Crippen LogP contribution is -2.35. The molecule has 2 heterocycles. The van der Waals surface area contributed by atoms with Gasteiger partial charge >= 0.3 is 0 Å². The second kappa shape index (κ2) is 6.17. The van der Waals surface area contributed by atoms with Crippen LogP contribution in [0.4, 0.5) is 0 Å². The second-order valence-electron chi connectivity index (χ2n) is 5.91. The lowest BCUT2D eigenvalue weighted by Gasteiger charge is -2.30. The van der Waals surface area contributed by atoms with Gasteiger partial charge in [0, 0.05) is 24.5 Å². The number of aromatic nitrogens is 1. The number of hydrogen-bond acceptors (Lipinski definition) is 3. The minimum atomic E-state index is 0.0730. The molecule has 3 nitrogen and oxygen atoms in total. The van der Waals surface area contributed by atoms with Crippen molar-refractivity contribution in [3.63, 3.8) is 0 Å². The van der Waals surface area contributed by atoms with Gasteiger partial charge in [0.25, 0.3) is 0 Å². The molecule has 0 bridgehead atoms. The van der Waals surface area contributed by atoms with Crippen molar-refractivity contribution in [2.45, 2.75) is 49.7 Å². The Balaban J connectivity index is 1.76. The Bertz CT molecular complexity index is 459. The van der Waals surface area contributed by atoms with Crippen LogP contribution in [0.3, 0.4) is 0 Å². The minimum absolute atomic E-state index is 0.0730. The molecule has 1 saturated carbocycles. The Labute approximate surface area is 125 Å². The first-order valence-corrected chi connectivity index (χ1v) is 8.56. The Kier molecular flexibility index (Phi) is 4.29. The van der Waals surface area contributed by atoms with E-state index in [4.69, 9.17) is 0 Å². The predicted molar refractivity (Wildman–Crippen MR) is 82.3 cm³/mol. The van der Waals surface area contributed by atoms with E-state index in [0.717, 1.165) is 12.1 Å². The van der Waals surface area contributed by atoms with Crippen molar-refractivity contribution in [2.75, 3.05) is 6.54 Å². The van der Waals surface area contributed by atoms with Crippen LogP contribution in [0.2, 0.25) is 0 Å². The van der Waals surface area contributed by atoms with E-state index in [2.05, 4.69) is 16.0 Å². The molecule has 108 valence electrons. The fourth-order valence-electron chi connectivity index (χ4n) is 3.29. The van der Waals surface area contributed by atoms with Crippen molar-refractivity contribution in [3.05, 3.63) is 30.1 Å². The van der Waals surface area contributed by atoms with E-state index in [-0.39, 0.29) is 10.6 Å². The van der Waals surface area contributed by atoms with Gasteiger partial charge in [-0.3, -0.25) is 9.78 Å². The first kappa shape index (κ1) is 13.9. The topological polar surface area (TPSA) is 33.2 Å². The number of amides is 1. The van der Waals surface area contributed by atoms with E-state index in [0.29, 0.717) is 11.8 Å². The third-order valence-electron chi connectivity index (χ3n) is 4.40. The molecule has 3 rings (SSSR count). The summed E-state index contributed by atoms with van der Waals surface area (Å²) < 4.78 is 0. The third-order valence-corrected chi connectivity index (χ3v) is 5.79. The maximum atomic E-state index is 12.4. The molecule has 2 aliphatic rings. The number of nitrogens with zero attached hydrogens (tertiary/aromatic N) is 2. The highest BCUT2D eigenvalue weighted by Gasteiger charge is 2.39. The lowest BCUT2D eigenvalue weighted by atomic mass is 9.89. The summed E-state index contributed by atoms with van der Waals surface area (Å²) in [5.74, 6) is 0.993. The van der Waals surface area contributed by atoms with Gasteiger partial charge in [0.2, 0.25) is 5.91 Å². The number of hydrogen-bond donors (Lipinski definition) is 0. The molecule has 4 heteroatoms. The van der Waals surface area contributed by atoms with Crippen LogP contribution < -0.4 is 0 Å². The third kappa shape index (κ3) is 2.85. The number of carbonyl (C=O) groups excluding carboxylic acids is 1. The van der Waals surface area contributed by atoms with Gasteiger partial charge in [-0.05, 0) is 31.7 Å². The van der Waals surface area contributed by atoms with Gasteiger partial charge in [-0.15, -0.1) is 11.8 Å². The molecule has 1 aromatic rings. The molecule has 1 aliphatic carbocycles. The van der Waals surface area contributed by atoms with Crippen molar-refractivity contribution in [3.8, 4) is 0 Å². The smallest absolute Gasteiger partial charge is 0.236 e. The number of rotatable bonds is 3. The zero-order chi connectivity index (χ0) is 13.9. The van der Waals surface area contributed by atoms with Crippen molar-refractivity contribution in [1.82, 2.24) is 9.88 Å². The summed E-state index contributed by atoms with van der Waals surface area (Å²) in [5.41, 5.74) is 1.16. The van der Waals surface area contributed by atoms with E-state index >= 15 is 0 Å². The summed E-state index contributed by atoms with van der Waals surface area (Å²) in [6.07, 6.45) is 10.3. The van der Waals surface area contributed by atoms with Crippen molar-refractivity contribution in [1.29, 1.82) is 0 Å². The molecule has 0 spiro atoms. The summed E-state index contributed by atoms with van der Waals surface area (Å²) in [5, 5.41) is 0.233. The molecule has 1 amide bonds. The van der Waals surface area contributed by atoms with Crippen LogP contribution in [-0.4, -0.2) is 27.6 Å². The number of pyridine rings is 1. The van der Waals surface area contributed by atoms with Gasteiger partial charge in [-0.1, -0.05) is 25.3 Å². The van der Waals surface area contributed by atoms with E-state index in [1.165, 1.54) is 32.1 Å². The molecule has 2 fully saturated rings. The molecule has 1 aromatic heterocycles. The average molecular weight is 290 g/mol. The molecule has 0 aromatic carbocycles. The van der Waals surface area contributed by atoms with E-state index in [1.807, 2.05) is 19.2 Å². The lowest BCUT2D eigenvalue weighted by molar-refractivity contribution is -0.130. The summed E-state index contributed by atoms with van der Waals surface area (Å²) in [6, 6.07) is 4.05. The van der Waals surface area contributed by atoms with Gasteiger partial charge in [-0.2, -0.15) is 0 Å². The van der Waals surface area contributed by atoms with Gasteiger partial charge in [0.1, 0.15) is 5.37 Å². The Morgan fingerprint density at radius 1 is 1.35 bits per heavy atom. The molecule has 20 heavy (non-hydrogen) atoms. The van der Waals surface area contributed by atoms with Gasteiger partial charge < -0.3 is 4.90 Å². The maximum Gasteiger partial charge on any atom is 0.236 e. The highest BCUT2D eigenvalue weighted by atomic mass is 32.2. The molecule has 2 atom stereocenters. The van der Waals surface area contributed by atoms with Gasteiger partial charge in [0.15, 0.2) is 0 Å². The molecule has 1 aliphatic heterocycles. The summed E-state index contributed by atoms with van der Waals surface area (Å²) in [7, 11) is 0. The zero-order valence-corrected chi connectivity index (χ0v) is 12.8. The van der Waals surface area contributed by atoms with Gasteiger partial charge in [-0.25, -0.2) is 0 Å². The summed E-state index contributed by atoms with van der Waals surface area (Å²) in [6.45, 7) is 2.95. The van der Waals surface area contributed by atoms with E-state index in [1.54, 1.807) is 18.0 Å². The van der Waals surface area contributed by atoms with Gasteiger partial charge in [0.05, 0.1) is 5.25 Å². The highest BCUT2D eigenvalue weighted by molar-refractivity contribution is 8.01. The normalized spacial score (nSPS) is 28.1. The molecule has 1 saturated heterocycles. The predicted octanol–water partition coefficient (Wildman–Crippen LogP) is 3.62. The van der Waals surface area contributed by atoms with Crippen LogP contribution in [0, 0.1) is 5.92 Å². The standard InChI is InChI=1S/C16H22N2OS/c1-12-15(19)18(11-13-6-3-2-4-7-13)16(20-12)14-8-5-9-17-10-14/h5,8-10,12-13,16H,2-4,6-7,11H2,1H3. The van der Waals surface area contributed by atoms with Crippen LogP contribution in [-0.2, 0) is 4.79 Å². The molecule has 0 N–H and O–H groups in total. The monoisotopic (exact) mass is 290 g/mol. The summed E-state index contributed by atoms with van der Waals surface area (Å²) >= 11 is 1.76. The maximum absolute atomic E-state index is 12.4. The van der Waals surface area contributed by atoms with Crippen LogP contribution in [0.1, 0.15) is 50.0 Å². The Morgan fingerprint density at radius 3 is 2.85 bits per heavy atom.